The van der Waals surface area contributed by atoms with Gasteiger partial charge in [0.1, 0.15) is 11.5 Å². The summed E-state index contributed by atoms with van der Waals surface area (Å²) in [5.41, 5.74) is 2.43. The van der Waals surface area contributed by atoms with E-state index in [0.717, 1.165) is 23.5 Å². The number of aromatic nitrogens is 1. The molecule has 43 heavy (non-hydrogen) atoms. The number of allylic oxidation sites excluding steroid dienone is 2. The highest BCUT2D eigenvalue weighted by molar-refractivity contribution is 5.74. The van der Waals surface area contributed by atoms with Crippen molar-refractivity contribution in [1.29, 1.82) is 0 Å². The summed E-state index contributed by atoms with van der Waals surface area (Å²) >= 11 is 0. The lowest BCUT2D eigenvalue weighted by molar-refractivity contribution is -0.116. The Bertz CT molecular complexity index is 846. The summed E-state index contributed by atoms with van der Waals surface area (Å²) in [6.45, 7) is 20.0. The highest BCUT2D eigenvalue weighted by atomic mass is 16.5. The van der Waals surface area contributed by atoms with E-state index in [2.05, 4.69) is 64.0 Å². The fraction of sp³-hybridized carbons (Fsp3) is 0.744. The molecule has 2 aliphatic rings. The van der Waals surface area contributed by atoms with Crippen LogP contribution in [0.5, 0.6) is 0 Å². The van der Waals surface area contributed by atoms with Crippen LogP contribution in [0.1, 0.15) is 157 Å². The van der Waals surface area contributed by atoms with Crippen molar-refractivity contribution in [3.05, 3.63) is 53.7 Å². The topological polar surface area (TPSA) is 51.2 Å². The van der Waals surface area contributed by atoms with Crippen molar-refractivity contribution >= 4 is 5.78 Å². The Morgan fingerprint density at radius 2 is 1.67 bits per heavy atom. The Morgan fingerprint density at radius 1 is 0.977 bits per heavy atom. The number of pyridine rings is 1. The fourth-order valence-corrected chi connectivity index (χ4v) is 5.64. The number of hydrogen-bond donors (Lipinski definition) is 1. The van der Waals surface area contributed by atoms with Crippen LogP contribution in [0.4, 0.5) is 0 Å². The SMILES string of the molecule is CCC(C)=O.CCCCC.CCCCCC(CCC)CCC(C)CC(CC)C1C=C2OCNC2=CC1.Cc1cccnc1. The summed E-state index contributed by atoms with van der Waals surface area (Å²) in [5.74, 6) is 4.63. The Morgan fingerprint density at radius 3 is 2.16 bits per heavy atom. The van der Waals surface area contributed by atoms with E-state index in [-0.39, 0.29) is 5.78 Å². The molecule has 4 heteroatoms. The average molecular weight is 599 g/mol. The zero-order valence-electron chi connectivity index (χ0n) is 29.9. The number of fused-ring (bicyclic) bond motifs is 1. The van der Waals surface area contributed by atoms with Crippen LogP contribution in [0, 0.1) is 30.6 Å². The molecule has 2 heterocycles. The van der Waals surface area contributed by atoms with Crippen LogP contribution in [0.3, 0.4) is 0 Å². The molecule has 0 saturated carbocycles. The van der Waals surface area contributed by atoms with Gasteiger partial charge in [-0.25, -0.2) is 0 Å². The number of aryl methyl sites for hydroxylation is 1. The number of rotatable bonds is 16. The second kappa shape index (κ2) is 27.4. The normalized spacial score (nSPS) is 16.9. The Hall–Kier alpha value is -2.10. The number of Topliss-reactive ketones (excluding diaryl/α,β-unsaturated/α-hetero) is 1. The smallest absolute Gasteiger partial charge is 0.159 e. The molecule has 4 unspecified atom stereocenters. The molecule has 0 spiro atoms. The second-order valence-corrected chi connectivity index (χ2v) is 12.7. The van der Waals surface area contributed by atoms with Gasteiger partial charge >= 0.3 is 0 Å². The summed E-state index contributed by atoms with van der Waals surface area (Å²) < 4.78 is 5.72. The number of ether oxygens (including phenoxy) is 1. The van der Waals surface area contributed by atoms with Gasteiger partial charge in [-0.05, 0) is 68.1 Å². The van der Waals surface area contributed by atoms with E-state index in [1.54, 1.807) is 13.1 Å². The third-order valence-corrected chi connectivity index (χ3v) is 8.55. The highest BCUT2D eigenvalue weighted by Gasteiger charge is 2.27. The van der Waals surface area contributed by atoms with Gasteiger partial charge < -0.3 is 14.8 Å². The molecule has 248 valence electrons. The predicted octanol–water partition coefficient (Wildman–Crippen LogP) is 11.8. The number of hydrogen-bond acceptors (Lipinski definition) is 4. The Labute approximate surface area is 268 Å². The fourth-order valence-electron chi connectivity index (χ4n) is 5.64. The lowest BCUT2D eigenvalue weighted by atomic mass is 9.77. The van der Waals surface area contributed by atoms with E-state index in [9.17, 15) is 4.79 Å². The quantitative estimate of drug-likeness (QED) is 0.192. The molecule has 1 N–H and O–H groups in total. The van der Waals surface area contributed by atoms with E-state index in [4.69, 9.17) is 4.74 Å². The number of carbonyl (C=O) groups excluding carboxylic acids is 1. The van der Waals surface area contributed by atoms with Gasteiger partial charge in [-0.15, -0.1) is 0 Å². The van der Waals surface area contributed by atoms with Crippen LogP contribution in [0.2, 0.25) is 0 Å². The minimum Gasteiger partial charge on any atom is -0.471 e. The van der Waals surface area contributed by atoms with Crippen molar-refractivity contribution in [3.63, 3.8) is 0 Å². The molecule has 1 saturated heterocycles. The first-order valence-corrected chi connectivity index (χ1v) is 17.9. The number of carbonyl (C=O) groups is 1. The molecular weight excluding hydrogens is 528 g/mol. The molecule has 0 bridgehead atoms. The standard InChI is InChI=1S/C24H43NO.C6H7N.C5H12.C4H8O/c1-5-8-9-11-20(10-6-2)13-12-19(4)16-21(7-3)22-14-15-23-24(17-22)26-18-25-23;1-6-3-2-4-7-5-6;1-3-5-4-2;1-3-4(2)5/h15,17,19-22,25H,5-14,16,18H2,1-4H3;2-5H,1H3;3-5H2,1-2H3;3H2,1-2H3. The molecule has 4 atom stereocenters. The van der Waals surface area contributed by atoms with Gasteiger partial charge in [0, 0.05) is 18.8 Å². The molecule has 1 aliphatic heterocycles. The van der Waals surface area contributed by atoms with E-state index in [0.29, 0.717) is 19.1 Å². The molecule has 0 radical (unpaired) electrons. The maximum absolute atomic E-state index is 9.81. The highest BCUT2D eigenvalue weighted by Crippen LogP contribution is 2.36. The summed E-state index contributed by atoms with van der Waals surface area (Å²) in [7, 11) is 0. The molecule has 0 amide bonds. The van der Waals surface area contributed by atoms with Gasteiger partial charge in [0.15, 0.2) is 6.73 Å². The second-order valence-electron chi connectivity index (χ2n) is 12.7. The van der Waals surface area contributed by atoms with E-state index in [1.165, 1.54) is 101 Å². The maximum Gasteiger partial charge on any atom is 0.159 e. The largest absolute Gasteiger partial charge is 0.471 e. The summed E-state index contributed by atoms with van der Waals surface area (Å²) in [6, 6.07) is 3.95. The number of nitrogens with zero attached hydrogens (tertiary/aromatic N) is 1. The molecule has 1 aromatic heterocycles. The monoisotopic (exact) mass is 599 g/mol. The van der Waals surface area contributed by atoms with Gasteiger partial charge in [-0.1, -0.05) is 138 Å². The molecule has 1 aromatic rings. The minimum absolute atomic E-state index is 0.255. The molecular formula is C39H70N2O2. The molecule has 1 fully saturated rings. The van der Waals surface area contributed by atoms with Crippen LogP contribution >= 0.6 is 0 Å². The minimum atomic E-state index is 0.255. The number of unbranched alkanes of at least 4 members (excludes halogenated alkanes) is 4. The number of ketones is 1. The van der Waals surface area contributed by atoms with E-state index < -0.39 is 0 Å². The van der Waals surface area contributed by atoms with Crippen molar-refractivity contribution in [3.8, 4) is 0 Å². The van der Waals surface area contributed by atoms with Crippen LogP contribution in [0.25, 0.3) is 0 Å². The van der Waals surface area contributed by atoms with Crippen LogP contribution < -0.4 is 5.32 Å². The van der Waals surface area contributed by atoms with E-state index in [1.807, 2.05) is 32.2 Å². The Balaban J connectivity index is 0.000000837. The zero-order valence-corrected chi connectivity index (χ0v) is 29.9. The van der Waals surface area contributed by atoms with Gasteiger partial charge in [0.05, 0.1) is 5.70 Å². The first-order valence-electron chi connectivity index (χ1n) is 17.9. The molecule has 3 rings (SSSR count). The van der Waals surface area contributed by atoms with E-state index >= 15 is 0 Å². The van der Waals surface area contributed by atoms with Crippen LogP contribution in [-0.2, 0) is 9.53 Å². The van der Waals surface area contributed by atoms with Crippen molar-refractivity contribution < 1.29 is 9.53 Å². The third kappa shape index (κ3) is 21.3. The first kappa shape index (κ1) is 40.9. The van der Waals surface area contributed by atoms with Crippen molar-refractivity contribution in [1.82, 2.24) is 10.3 Å². The summed E-state index contributed by atoms with van der Waals surface area (Å²) in [5, 5.41) is 3.31. The summed E-state index contributed by atoms with van der Waals surface area (Å²) in [6.07, 6.45) is 28.2. The predicted molar refractivity (Wildman–Crippen MR) is 188 cm³/mol. The number of nitrogens with one attached hydrogen (secondary N) is 1. The van der Waals surface area contributed by atoms with Crippen LogP contribution in [-0.4, -0.2) is 17.5 Å². The average Bonchev–Trinajstić information content (AvgIpc) is 3.49. The van der Waals surface area contributed by atoms with Gasteiger partial charge in [0.2, 0.25) is 0 Å². The third-order valence-electron chi connectivity index (χ3n) is 8.55. The first-order chi connectivity index (χ1) is 20.8. The van der Waals surface area contributed by atoms with Crippen LogP contribution in [0.15, 0.2) is 48.1 Å². The van der Waals surface area contributed by atoms with Gasteiger partial charge in [-0.3, -0.25) is 4.98 Å². The lowest BCUT2D eigenvalue weighted by Crippen LogP contribution is -2.19. The van der Waals surface area contributed by atoms with Crippen molar-refractivity contribution in [2.24, 2.45) is 23.7 Å². The van der Waals surface area contributed by atoms with Gasteiger partial charge in [0.25, 0.3) is 0 Å². The Kier molecular flexibility index (Phi) is 26.1. The van der Waals surface area contributed by atoms with Crippen molar-refractivity contribution in [2.75, 3.05) is 6.73 Å². The van der Waals surface area contributed by atoms with Crippen molar-refractivity contribution in [2.45, 2.75) is 159 Å². The summed E-state index contributed by atoms with van der Waals surface area (Å²) in [4.78, 5) is 13.7. The molecule has 4 nitrogen and oxygen atoms in total. The molecule has 0 aromatic carbocycles. The van der Waals surface area contributed by atoms with Gasteiger partial charge in [-0.2, -0.15) is 0 Å². The molecule has 1 aliphatic carbocycles. The zero-order chi connectivity index (χ0) is 32.3. The maximum atomic E-state index is 9.81. The lowest BCUT2D eigenvalue weighted by Gasteiger charge is -2.28.